The number of aromatic nitrogens is 4. The normalized spacial score (nSPS) is 12.9. The van der Waals surface area contributed by atoms with E-state index in [0.29, 0.717) is 0 Å². The fourth-order valence-corrected chi connectivity index (χ4v) is 9.72. The van der Waals surface area contributed by atoms with Crippen molar-refractivity contribution in [2.45, 2.75) is 112 Å². The van der Waals surface area contributed by atoms with Gasteiger partial charge in [0.25, 0.3) is 0 Å². The van der Waals surface area contributed by atoms with E-state index in [1.165, 1.54) is 44.0 Å². The van der Waals surface area contributed by atoms with Crippen molar-refractivity contribution in [1.82, 2.24) is 19.5 Å². The highest BCUT2D eigenvalue weighted by molar-refractivity contribution is 6.15. The summed E-state index contributed by atoms with van der Waals surface area (Å²) in [6, 6.07) is 52.2. The quantitative estimate of drug-likeness (QED) is 0.187. The molecule has 7 aromatic carbocycles. The van der Waals surface area contributed by atoms with Crippen molar-refractivity contribution in [2.24, 2.45) is 0 Å². The minimum Gasteiger partial charge on any atom is -0.354 e. The van der Waals surface area contributed by atoms with E-state index in [2.05, 4.69) is 239 Å². The lowest BCUT2D eigenvalue weighted by Crippen LogP contribution is -2.11. The van der Waals surface area contributed by atoms with E-state index in [-0.39, 0.29) is 21.7 Å². The molecule has 4 nitrogen and oxygen atoms in total. The van der Waals surface area contributed by atoms with E-state index in [1.807, 2.05) is 6.20 Å². The summed E-state index contributed by atoms with van der Waals surface area (Å²) < 4.78 is 2.40. The van der Waals surface area contributed by atoms with Crippen LogP contribution in [0.2, 0.25) is 0 Å². The Bertz CT molecular complexity index is 3530. The number of hydrogen-bond acceptors (Lipinski definition) is 2. The molecule has 1 N–H and O–H groups in total. The second-order valence-electron chi connectivity index (χ2n) is 23.0. The van der Waals surface area contributed by atoms with Gasteiger partial charge in [0, 0.05) is 55.8 Å². The van der Waals surface area contributed by atoms with Crippen molar-refractivity contribution in [3.05, 3.63) is 174 Å². The number of fused-ring (bicyclic) bond motifs is 5. The van der Waals surface area contributed by atoms with E-state index < -0.39 is 0 Å². The third-order valence-corrected chi connectivity index (χ3v) is 13.9. The van der Waals surface area contributed by atoms with Gasteiger partial charge in [-0.1, -0.05) is 150 Å². The van der Waals surface area contributed by atoms with Gasteiger partial charge in [0.1, 0.15) is 5.82 Å². The highest BCUT2D eigenvalue weighted by Gasteiger charge is 2.26. The summed E-state index contributed by atoms with van der Waals surface area (Å²) in [6.45, 7) is 29.7. The molecule has 0 amide bonds. The van der Waals surface area contributed by atoms with Gasteiger partial charge in [0.2, 0.25) is 0 Å². The third-order valence-electron chi connectivity index (χ3n) is 13.9. The summed E-state index contributed by atoms with van der Waals surface area (Å²) in [5.74, 6) is 0.891. The molecule has 0 saturated heterocycles. The second kappa shape index (κ2) is 15.7. The van der Waals surface area contributed by atoms with E-state index in [9.17, 15) is 0 Å². The number of nitrogens with one attached hydrogen (secondary N) is 1. The SMILES string of the molecule is Cc1ccnc2c(-c3cccc(-c4nc5c(-c6cc(C(C)(C)C)cc7c6[nH]c6ccc(C(C)(C)C)cc67)cc(-c6ccccc6)cc5n4-c4ccc(C(C)(C)C)cc4)c3)cc(C(C)(C)C)cc12. The number of hydrogen-bond donors (Lipinski definition) is 1. The number of rotatable bonds is 5. The second-order valence-corrected chi connectivity index (χ2v) is 23.0. The molecule has 0 unspecified atom stereocenters. The topological polar surface area (TPSA) is 46.5 Å². The first-order valence-corrected chi connectivity index (χ1v) is 24.0. The molecule has 0 fully saturated rings. The molecule has 67 heavy (non-hydrogen) atoms. The Morgan fingerprint density at radius 1 is 0.433 bits per heavy atom. The maximum atomic E-state index is 5.84. The minimum atomic E-state index is -0.105. The maximum Gasteiger partial charge on any atom is 0.145 e. The first-order chi connectivity index (χ1) is 31.6. The van der Waals surface area contributed by atoms with Gasteiger partial charge in [-0.25, -0.2) is 4.98 Å². The average Bonchev–Trinajstić information content (AvgIpc) is 3.86. The lowest BCUT2D eigenvalue weighted by Gasteiger charge is -2.22. The first kappa shape index (κ1) is 44.1. The van der Waals surface area contributed by atoms with Gasteiger partial charge in [-0.05, 0) is 146 Å². The van der Waals surface area contributed by atoms with Gasteiger partial charge in [-0.2, -0.15) is 0 Å². The average molecular weight is 877 g/mol. The zero-order valence-electron chi connectivity index (χ0n) is 41.7. The number of aryl methyl sites for hydroxylation is 1. The molecular weight excluding hydrogens is 813 g/mol. The van der Waals surface area contributed by atoms with Gasteiger partial charge >= 0.3 is 0 Å². The predicted octanol–water partition coefficient (Wildman–Crippen LogP) is 17.4. The Labute approximate surface area is 397 Å². The monoisotopic (exact) mass is 877 g/mol. The van der Waals surface area contributed by atoms with Gasteiger partial charge in [-0.15, -0.1) is 0 Å². The van der Waals surface area contributed by atoms with Crippen LogP contribution in [0.25, 0.3) is 94.2 Å². The summed E-state index contributed by atoms with van der Waals surface area (Å²) in [7, 11) is 0. The highest BCUT2D eigenvalue weighted by Crippen LogP contribution is 2.45. The molecule has 4 heteroatoms. The van der Waals surface area contributed by atoms with Crippen molar-refractivity contribution in [3.8, 4) is 50.5 Å². The van der Waals surface area contributed by atoms with Crippen LogP contribution in [-0.4, -0.2) is 19.5 Å². The van der Waals surface area contributed by atoms with Crippen molar-refractivity contribution in [3.63, 3.8) is 0 Å². The van der Waals surface area contributed by atoms with Crippen LogP contribution in [0.15, 0.2) is 146 Å². The van der Waals surface area contributed by atoms with Crippen LogP contribution < -0.4 is 0 Å². The lowest BCUT2D eigenvalue weighted by atomic mass is 9.83. The van der Waals surface area contributed by atoms with Gasteiger partial charge in [0.05, 0.1) is 22.1 Å². The Morgan fingerprint density at radius 2 is 1.03 bits per heavy atom. The van der Waals surface area contributed by atoms with Crippen molar-refractivity contribution < 1.29 is 0 Å². The summed E-state index contributed by atoms with van der Waals surface area (Å²) in [6.07, 6.45) is 1.94. The molecule has 0 aliphatic carbocycles. The molecule has 3 aromatic heterocycles. The van der Waals surface area contributed by atoms with Crippen molar-refractivity contribution in [2.75, 3.05) is 0 Å². The predicted molar refractivity (Wildman–Crippen MR) is 287 cm³/mol. The molecule has 0 bridgehead atoms. The van der Waals surface area contributed by atoms with Crippen molar-refractivity contribution in [1.29, 1.82) is 0 Å². The van der Waals surface area contributed by atoms with Crippen LogP contribution in [-0.2, 0) is 21.7 Å². The summed E-state index contributed by atoms with van der Waals surface area (Å²) in [4.78, 5) is 14.8. The van der Waals surface area contributed by atoms with Crippen LogP contribution >= 0.6 is 0 Å². The molecule has 10 aromatic rings. The number of aromatic amines is 1. The molecule has 0 aliphatic heterocycles. The molecule has 10 rings (SSSR count). The smallest absolute Gasteiger partial charge is 0.145 e. The Kier molecular flexibility index (Phi) is 10.3. The number of pyridine rings is 1. The van der Waals surface area contributed by atoms with Crippen LogP contribution in [0.4, 0.5) is 0 Å². The largest absolute Gasteiger partial charge is 0.354 e. The lowest BCUT2D eigenvalue weighted by molar-refractivity contribution is 0.590. The Hall–Kier alpha value is -6.78. The zero-order chi connectivity index (χ0) is 47.4. The van der Waals surface area contributed by atoms with Gasteiger partial charge in [-0.3, -0.25) is 9.55 Å². The van der Waals surface area contributed by atoms with Crippen molar-refractivity contribution >= 4 is 43.7 Å². The summed E-state index contributed by atoms with van der Waals surface area (Å²) >= 11 is 0. The number of imidazole rings is 1. The van der Waals surface area contributed by atoms with Crippen LogP contribution in [0, 0.1) is 6.92 Å². The molecular formula is C63H64N4. The maximum absolute atomic E-state index is 5.84. The minimum absolute atomic E-state index is 0.00771. The van der Waals surface area contributed by atoms with E-state index in [1.54, 1.807) is 0 Å². The number of H-pyrrole nitrogens is 1. The molecule has 3 heterocycles. The van der Waals surface area contributed by atoms with E-state index in [0.717, 1.165) is 78.0 Å². The fourth-order valence-electron chi connectivity index (χ4n) is 9.72. The third kappa shape index (κ3) is 7.94. The van der Waals surface area contributed by atoms with Gasteiger partial charge in [0.15, 0.2) is 0 Å². The Morgan fingerprint density at radius 3 is 1.70 bits per heavy atom. The molecule has 0 aliphatic rings. The highest BCUT2D eigenvalue weighted by atomic mass is 15.1. The summed E-state index contributed by atoms with van der Waals surface area (Å²) in [5.41, 5.74) is 20.5. The molecule has 0 saturated carbocycles. The first-order valence-electron chi connectivity index (χ1n) is 24.0. The fraction of sp³-hybridized carbons (Fsp3) is 0.270. The van der Waals surface area contributed by atoms with E-state index in [4.69, 9.17) is 9.97 Å². The standard InChI is InChI=1S/C63H64N4/c1-38-28-29-64-56-48(38)34-45(62(8,9)10)35-49(56)40-20-17-21-41(30-40)59-66-58-51(53-37-46(63(11,12)13)36-52-50-33-44(61(5,6)7)24-27-54(50)65-57(52)53)31-42(39-18-15-14-16-19-39)32-55(58)67(59)47-25-22-43(23-26-47)60(2,3)4/h14-37,65H,1-13H3. The van der Waals surface area contributed by atoms with Crippen LogP contribution in [0.3, 0.4) is 0 Å². The molecule has 0 atom stereocenters. The molecule has 0 spiro atoms. The molecule has 336 valence electrons. The summed E-state index contributed by atoms with van der Waals surface area (Å²) in [5, 5.41) is 3.68. The Balaban J connectivity index is 1.31. The zero-order valence-corrected chi connectivity index (χ0v) is 41.7. The van der Waals surface area contributed by atoms with Gasteiger partial charge < -0.3 is 4.98 Å². The number of nitrogens with zero attached hydrogens (tertiary/aromatic N) is 3. The van der Waals surface area contributed by atoms with Crippen LogP contribution in [0.1, 0.15) is 111 Å². The molecule has 0 radical (unpaired) electrons. The van der Waals surface area contributed by atoms with Crippen LogP contribution in [0.5, 0.6) is 0 Å². The number of benzene rings is 7. The van der Waals surface area contributed by atoms with E-state index >= 15 is 0 Å².